The average molecular weight is 503 g/mol. The lowest BCUT2D eigenvalue weighted by atomic mass is 9.41. The maximum Gasteiger partial charge on any atom is 0.224 e. The first-order chi connectivity index (χ1) is 16.7. The molecule has 7 rings (SSSR count). The molecule has 0 unspecified atom stereocenters. The minimum Gasteiger partial charge on any atom is -0.393 e. The van der Waals surface area contributed by atoms with Crippen molar-refractivity contribution in [2.45, 2.75) is 136 Å². The van der Waals surface area contributed by atoms with Gasteiger partial charge in [0, 0.05) is 7.11 Å². The minimum absolute atomic E-state index is 0.0260. The summed E-state index contributed by atoms with van der Waals surface area (Å²) >= 11 is 0. The van der Waals surface area contributed by atoms with E-state index in [-0.39, 0.29) is 40.5 Å². The zero-order valence-electron chi connectivity index (χ0n) is 23.9. The Labute approximate surface area is 218 Å². The third-order valence-electron chi connectivity index (χ3n) is 14.7. The van der Waals surface area contributed by atoms with E-state index in [4.69, 9.17) is 14.2 Å². The molecule has 7 aliphatic rings. The van der Waals surface area contributed by atoms with Crippen molar-refractivity contribution < 1.29 is 24.4 Å². The maximum atomic E-state index is 11.4. The molecule has 5 heteroatoms. The van der Waals surface area contributed by atoms with Crippen LogP contribution >= 0.6 is 0 Å². The van der Waals surface area contributed by atoms with Gasteiger partial charge in [0.2, 0.25) is 5.79 Å². The van der Waals surface area contributed by atoms with Gasteiger partial charge in [-0.15, -0.1) is 0 Å². The van der Waals surface area contributed by atoms with E-state index in [1.165, 1.54) is 38.5 Å². The lowest BCUT2D eigenvalue weighted by molar-refractivity contribution is -0.337. The van der Waals surface area contributed by atoms with Crippen LogP contribution in [0.25, 0.3) is 0 Å². The van der Waals surface area contributed by atoms with Crippen LogP contribution in [-0.4, -0.2) is 53.1 Å². The van der Waals surface area contributed by atoms with Crippen molar-refractivity contribution in [2.75, 3.05) is 7.11 Å². The van der Waals surface area contributed by atoms with Crippen molar-refractivity contribution in [3.63, 3.8) is 0 Å². The second kappa shape index (κ2) is 6.74. The molecule has 2 heterocycles. The van der Waals surface area contributed by atoms with Crippen molar-refractivity contribution in [1.29, 1.82) is 0 Å². The van der Waals surface area contributed by atoms with Gasteiger partial charge in [-0.2, -0.15) is 0 Å². The quantitative estimate of drug-likeness (QED) is 0.508. The summed E-state index contributed by atoms with van der Waals surface area (Å²) in [6, 6.07) is 0. The highest BCUT2D eigenvalue weighted by molar-refractivity contribution is 5.32. The molecule has 0 amide bonds. The summed E-state index contributed by atoms with van der Waals surface area (Å²) in [5, 5.41) is 22.3. The van der Waals surface area contributed by atoms with Crippen LogP contribution in [0.2, 0.25) is 0 Å². The summed E-state index contributed by atoms with van der Waals surface area (Å²) in [4.78, 5) is 0. The van der Waals surface area contributed by atoms with Gasteiger partial charge in [0.15, 0.2) is 0 Å². The molecule has 2 saturated heterocycles. The van der Waals surface area contributed by atoms with E-state index in [0.717, 1.165) is 12.8 Å². The summed E-state index contributed by atoms with van der Waals surface area (Å²) in [7, 11) is 1.68. The van der Waals surface area contributed by atoms with E-state index in [2.05, 4.69) is 34.6 Å². The van der Waals surface area contributed by atoms with Crippen molar-refractivity contribution in [3.05, 3.63) is 0 Å². The van der Waals surface area contributed by atoms with E-state index in [1.807, 2.05) is 13.8 Å². The van der Waals surface area contributed by atoms with Crippen LogP contribution in [0.15, 0.2) is 0 Å². The van der Waals surface area contributed by atoms with Crippen LogP contribution in [0.1, 0.15) is 99.8 Å². The third kappa shape index (κ3) is 2.37. The van der Waals surface area contributed by atoms with Gasteiger partial charge in [-0.1, -0.05) is 34.6 Å². The predicted molar refractivity (Wildman–Crippen MR) is 137 cm³/mol. The molecule has 13 atom stereocenters. The molecule has 2 spiro atoms. The molecular weight excluding hydrogens is 452 g/mol. The first-order valence-electron chi connectivity index (χ1n) is 14.9. The Hall–Kier alpha value is -0.200. The van der Waals surface area contributed by atoms with Gasteiger partial charge in [-0.3, -0.25) is 0 Å². The Bertz CT molecular complexity index is 978. The topological polar surface area (TPSA) is 68.2 Å². The number of aliphatic hydroxyl groups is 2. The molecule has 0 aromatic carbocycles. The van der Waals surface area contributed by atoms with E-state index in [9.17, 15) is 10.2 Å². The number of aliphatic hydroxyl groups excluding tert-OH is 2. The molecule has 5 nitrogen and oxygen atoms in total. The maximum absolute atomic E-state index is 11.4. The number of ether oxygens (including phenoxy) is 3. The highest BCUT2D eigenvalue weighted by Crippen LogP contribution is 2.89. The van der Waals surface area contributed by atoms with Crippen LogP contribution in [0.3, 0.4) is 0 Å². The lowest BCUT2D eigenvalue weighted by Gasteiger charge is -2.63. The summed E-state index contributed by atoms with van der Waals surface area (Å²) < 4.78 is 19.6. The van der Waals surface area contributed by atoms with Crippen molar-refractivity contribution in [3.8, 4) is 0 Å². The fraction of sp³-hybridized carbons (Fsp3) is 1.00. The number of rotatable bonds is 1. The first-order valence-corrected chi connectivity index (χ1v) is 14.9. The Kier molecular flexibility index (Phi) is 4.65. The molecule has 0 bridgehead atoms. The standard InChI is InChI=1S/C31H50O5/c1-17-22-18(35-31(34-8)23(17)36-26(4,5)24(31)33)15-28(7)20-10-9-19-25(2,3)21(32)11-12-29(19)16-30(20,29)14-13-27(22,28)6/h17-24,32-33H,9-16H2,1-8H3/t17-,18-,19-,20-,21-,22-,23+,24+,27+,28-,29+,30-,31+/m0/s1. The fourth-order valence-corrected chi connectivity index (χ4v) is 12.9. The van der Waals surface area contributed by atoms with E-state index in [1.54, 1.807) is 7.11 Å². The summed E-state index contributed by atoms with van der Waals surface area (Å²) in [6.45, 7) is 16.2. The van der Waals surface area contributed by atoms with E-state index in [0.29, 0.717) is 28.6 Å². The Morgan fingerprint density at radius 3 is 2.17 bits per heavy atom. The SMILES string of the molecule is CO[C@@]12O[C@H]3C[C@@]4(C)[C@@H]5CC[C@H]6C(C)(C)[C@@H](O)CC[C@@]67C[C@@]57CC[C@]4(C)[C@H]3[C@H](C)[C@H]1OC(C)(C)[C@H]2O. The van der Waals surface area contributed by atoms with Crippen molar-refractivity contribution in [2.24, 2.45) is 50.7 Å². The Balaban J connectivity index is 1.26. The second-order valence-corrected chi connectivity index (χ2v) is 16.1. The molecule has 0 radical (unpaired) electrons. The highest BCUT2D eigenvalue weighted by atomic mass is 16.7. The highest BCUT2D eigenvalue weighted by Gasteiger charge is 2.84. The molecular formula is C31H50O5. The molecule has 5 aliphatic carbocycles. The normalized spacial score (nSPS) is 63.8. The second-order valence-electron chi connectivity index (χ2n) is 16.1. The van der Waals surface area contributed by atoms with Gasteiger partial charge in [-0.05, 0) is 116 Å². The largest absolute Gasteiger partial charge is 0.393 e. The molecule has 2 aliphatic heterocycles. The van der Waals surface area contributed by atoms with Gasteiger partial charge in [0.25, 0.3) is 0 Å². The summed E-state index contributed by atoms with van der Waals surface area (Å²) in [5.74, 6) is 0.955. The molecule has 5 saturated carbocycles. The van der Waals surface area contributed by atoms with Gasteiger partial charge in [-0.25, -0.2) is 0 Å². The molecule has 2 N–H and O–H groups in total. The van der Waals surface area contributed by atoms with Crippen molar-refractivity contribution in [1.82, 2.24) is 0 Å². The van der Waals surface area contributed by atoms with Crippen LogP contribution in [-0.2, 0) is 14.2 Å². The third-order valence-corrected chi connectivity index (χ3v) is 14.7. The zero-order chi connectivity index (χ0) is 25.9. The fourth-order valence-electron chi connectivity index (χ4n) is 12.9. The van der Waals surface area contributed by atoms with Crippen LogP contribution in [0.4, 0.5) is 0 Å². The van der Waals surface area contributed by atoms with E-state index >= 15 is 0 Å². The molecule has 204 valence electrons. The molecule has 7 fully saturated rings. The van der Waals surface area contributed by atoms with Gasteiger partial charge in [0.05, 0.1) is 17.8 Å². The Morgan fingerprint density at radius 2 is 1.47 bits per heavy atom. The van der Waals surface area contributed by atoms with Gasteiger partial charge >= 0.3 is 0 Å². The van der Waals surface area contributed by atoms with E-state index < -0.39 is 17.5 Å². The van der Waals surface area contributed by atoms with Crippen molar-refractivity contribution >= 4 is 0 Å². The van der Waals surface area contributed by atoms with Crippen LogP contribution < -0.4 is 0 Å². The monoisotopic (exact) mass is 502 g/mol. The Morgan fingerprint density at radius 1 is 0.806 bits per heavy atom. The lowest BCUT2D eigenvalue weighted by Crippen LogP contribution is -2.63. The number of hydrogen-bond acceptors (Lipinski definition) is 5. The van der Waals surface area contributed by atoms with Crippen LogP contribution in [0.5, 0.6) is 0 Å². The molecule has 36 heavy (non-hydrogen) atoms. The van der Waals surface area contributed by atoms with Gasteiger partial charge in [0.1, 0.15) is 12.2 Å². The molecule has 0 aromatic rings. The minimum atomic E-state index is -1.08. The summed E-state index contributed by atoms with van der Waals surface area (Å²) in [5.41, 5.74) is 0.623. The van der Waals surface area contributed by atoms with Gasteiger partial charge < -0.3 is 24.4 Å². The number of methoxy groups -OCH3 is 1. The number of hydrogen-bond donors (Lipinski definition) is 2. The molecule has 0 aromatic heterocycles. The number of fused-ring (bicyclic) bond motifs is 5. The zero-order valence-corrected chi connectivity index (χ0v) is 23.9. The summed E-state index contributed by atoms with van der Waals surface area (Å²) in [6.07, 6.45) is 8.62. The average Bonchev–Trinajstić information content (AvgIpc) is 3.35. The predicted octanol–water partition coefficient (Wildman–Crippen LogP) is 5.31. The van der Waals surface area contributed by atoms with Crippen LogP contribution in [0, 0.1) is 50.7 Å². The first kappa shape index (κ1) is 24.8. The smallest absolute Gasteiger partial charge is 0.224 e.